The minimum atomic E-state index is -0.112. The first-order valence-electron chi connectivity index (χ1n) is 18.9. The molecule has 10 rings (SSSR count). The van der Waals surface area contributed by atoms with Gasteiger partial charge in [0.2, 0.25) is 0 Å². The number of fused-ring (bicyclic) bond motifs is 8. The van der Waals surface area contributed by atoms with Gasteiger partial charge in [-0.1, -0.05) is 131 Å². The van der Waals surface area contributed by atoms with Gasteiger partial charge in [-0.25, -0.2) is 0 Å². The van der Waals surface area contributed by atoms with E-state index in [4.69, 9.17) is 4.74 Å². The van der Waals surface area contributed by atoms with E-state index in [0.29, 0.717) is 6.61 Å². The molecular weight excluding hydrogens is 641 g/mol. The molecule has 0 N–H and O–H groups in total. The van der Waals surface area contributed by atoms with Crippen molar-refractivity contribution in [3.05, 3.63) is 174 Å². The van der Waals surface area contributed by atoms with Gasteiger partial charge >= 0.3 is 0 Å². The third-order valence-corrected chi connectivity index (χ3v) is 12.2. The van der Waals surface area contributed by atoms with Gasteiger partial charge in [-0.2, -0.15) is 0 Å². The Labute approximate surface area is 312 Å². The SMILES string of the molecule is CCOc1ccc2cc(-c3ccc4cc(-c5ccc6c(c5)C(C)(C)c5cc(-c7ccc8c(c7)C(C)(C)c7ccccc7-8)ccc5-6)ccc4c3)ccc2c1. The van der Waals surface area contributed by atoms with Gasteiger partial charge in [-0.15, -0.1) is 0 Å². The highest BCUT2D eigenvalue weighted by atomic mass is 16.5. The van der Waals surface area contributed by atoms with E-state index in [9.17, 15) is 0 Å². The van der Waals surface area contributed by atoms with Crippen LogP contribution in [0.4, 0.5) is 0 Å². The minimum Gasteiger partial charge on any atom is -0.494 e. The molecule has 0 amide bonds. The van der Waals surface area contributed by atoms with Gasteiger partial charge in [0.1, 0.15) is 5.75 Å². The molecule has 1 heteroatoms. The molecule has 0 saturated heterocycles. The zero-order chi connectivity index (χ0) is 36.1. The van der Waals surface area contributed by atoms with Crippen molar-refractivity contribution in [1.29, 1.82) is 0 Å². The van der Waals surface area contributed by atoms with Crippen molar-refractivity contribution in [2.75, 3.05) is 6.61 Å². The second-order valence-electron chi connectivity index (χ2n) is 16.0. The predicted molar refractivity (Wildman–Crippen MR) is 224 cm³/mol. The van der Waals surface area contributed by atoms with Crippen LogP contribution >= 0.6 is 0 Å². The molecule has 0 bridgehead atoms. The summed E-state index contributed by atoms with van der Waals surface area (Å²) in [5.74, 6) is 0.918. The van der Waals surface area contributed by atoms with Crippen LogP contribution in [-0.2, 0) is 10.8 Å². The maximum atomic E-state index is 5.71. The predicted octanol–water partition coefficient (Wildman–Crippen LogP) is 14.0. The third kappa shape index (κ3) is 4.91. The third-order valence-electron chi connectivity index (χ3n) is 12.2. The van der Waals surface area contributed by atoms with Crippen molar-refractivity contribution in [1.82, 2.24) is 0 Å². The monoisotopic (exact) mass is 682 g/mol. The van der Waals surface area contributed by atoms with E-state index in [0.717, 1.165) is 5.75 Å². The van der Waals surface area contributed by atoms with Crippen LogP contribution in [0.3, 0.4) is 0 Å². The van der Waals surface area contributed by atoms with E-state index < -0.39 is 0 Å². The van der Waals surface area contributed by atoms with Gasteiger partial charge in [0.25, 0.3) is 0 Å². The highest BCUT2D eigenvalue weighted by molar-refractivity contribution is 5.94. The van der Waals surface area contributed by atoms with E-state index in [1.165, 1.54) is 99.4 Å². The standard InChI is InChI=1S/C52H42O/c1-6-53-42-21-17-37-27-35(15-16-38(37)28-42)32-11-12-34-26-36(14-13-33(34)25-32)39-18-23-45-46-24-20-41(31-50(46)52(4,5)49(45)29-39)40-19-22-44-43-9-7-8-10-47(43)51(2,3)48(44)30-40/h7-31H,6H2,1-5H3. The summed E-state index contributed by atoms with van der Waals surface area (Å²) in [5.41, 5.74) is 18.5. The Bertz CT molecular complexity index is 2800. The van der Waals surface area contributed by atoms with Crippen molar-refractivity contribution in [2.24, 2.45) is 0 Å². The number of ether oxygens (including phenoxy) is 1. The Morgan fingerprint density at radius 3 is 1.19 bits per heavy atom. The first kappa shape index (κ1) is 31.8. The van der Waals surface area contributed by atoms with Crippen molar-refractivity contribution < 1.29 is 4.74 Å². The summed E-state index contributed by atoms with van der Waals surface area (Å²) < 4.78 is 5.71. The number of hydrogen-bond donors (Lipinski definition) is 0. The molecule has 2 aliphatic carbocycles. The molecule has 0 unspecified atom stereocenters. The Morgan fingerprint density at radius 1 is 0.358 bits per heavy atom. The Morgan fingerprint density at radius 2 is 0.717 bits per heavy atom. The molecule has 1 nitrogen and oxygen atoms in total. The fourth-order valence-corrected chi connectivity index (χ4v) is 9.25. The average molecular weight is 683 g/mol. The van der Waals surface area contributed by atoms with Gasteiger partial charge in [0.05, 0.1) is 6.61 Å². The highest BCUT2D eigenvalue weighted by Gasteiger charge is 2.37. The molecule has 0 fully saturated rings. The zero-order valence-corrected chi connectivity index (χ0v) is 31.0. The quantitative estimate of drug-likeness (QED) is 0.176. The summed E-state index contributed by atoms with van der Waals surface area (Å²) in [5, 5.41) is 4.92. The molecule has 0 heterocycles. The Hall–Kier alpha value is -5.92. The van der Waals surface area contributed by atoms with Crippen molar-refractivity contribution in [3.8, 4) is 61.4 Å². The molecule has 53 heavy (non-hydrogen) atoms. The van der Waals surface area contributed by atoms with Crippen molar-refractivity contribution >= 4 is 21.5 Å². The normalized spacial score (nSPS) is 14.5. The molecule has 0 aliphatic heterocycles. The van der Waals surface area contributed by atoms with E-state index in [1.807, 2.05) is 6.92 Å². The van der Waals surface area contributed by atoms with Gasteiger partial charge in [-0.05, 0) is 155 Å². The molecule has 8 aromatic rings. The zero-order valence-electron chi connectivity index (χ0n) is 31.0. The highest BCUT2D eigenvalue weighted by Crippen LogP contribution is 2.52. The fraction of sp³-hybridized carbons (Fsp3) is 0.154. The van der Waals surface area contributed by atoms with Gasteiger partial charge in [0.15, 0.2) is 0 Å². The molecule has 256 valence electrons. The maximum absolute atomic E-state index is 5.71. The van der Waals surface area contributed by atoms with E-state index in [2.05, 4.69) is 179 Å². The maximum Gasteiger partial charge on any atom is 0.119 e. The summed E-state index contributed by atoms with van der Waals surface area (Å²) >= 11 is 0. The van der Waals surface area contributed by atoms with Crippen LogP contribution in [-0.4, -0.2) is 6.61 Å². The van der Waals surface area contributed by atoms with Crippen molar-refractivity contribution in [3.63, 3.8) is 0 Å². The first-order chi connectivity index (χ1) is 25.7. The second kappa shape index (κ2) is 11.5. The topological polar surface area (TPSA) is 9.23 Å². The first-order valence-corrected chi connectivity index (χ1v) is 18.9. The van der Waals surface area contributed by atoms with E-state index >= 15 is 0 Å². The lowest BCUT2D eigenvalue weighted by atomic mass is 9.80. The molecule has 2 aliphatic rings. The summed E-state index contributed by atoms with van der Waals surface area (Å²) in [6.45, 7) is 12.2. The number of benzene rings is 8. The van der Waals surface area contributed by atoms with E-state index in [-0.39, 0.29) is 10.8 Å². The summed E-state index contributed by atoms with van der Waals surface area (Å²) in [6.07, 6.45) is 0. The lowest BCUT2D eigenvalue weighted by Gasteiger charge is -2.23. The van der Waals surface area contributed by atoms with Gasteiger partial charge < -0.3 is 4.74 Å². The van der Waals surface area contributed by atoms with Crippen LogP contribution in [0.25, 0.3) is 77.2 Å². The summed E-state index contributed by atoms with van der Waals surface area (Å²) in [6, 6.07) is 56.9. The van der Waals surface area contributed by atoms with Crippen LogP contribution in [0.15, 0.2) is 152 Å². The van der Waals surface area contributed by atoms with E-state index in [1.54, 1.807) is 0 Å². The molecule has 0 radical (unpaired) electrons. The lowest BCUT2D eigenvalue weighted by Crippen LogP contribution is -2.15. The van der Waals surface area contributed by atoms with Gasteiger partial charge in [0, 0.05) is 10.8 Å². The van der Waals surface area contributed by atoms with Crippen LogP contribution in [0.1, 0.15) is 56.9 Å². The van der Waals surface area contributed by atoms with Crippen LogP contribution in [0.2, 0.25) is 0 Å². The number of hydrogen-bond acceptors (Lipinski definition) is 1. The molecule has 0 saturated carbocycles. The summed E-state index contributed by atoms with van der Waals surface area (Å²) in [7, 11) is 0. The molecular formula is C52H42O. The minimum absolute atomic E-state index is 0.0119. The van der Waals surface area contributed by atoms with Crippen LogP contribution < -0.4 is 4.74 Å². The van der Waals surface area contributed by atoms with Crippen molar-refractivity contribution in [2.45, 2.75) is 45.4 Å². The summed E-state index contributed by atoms with van der Waals surface area (Å²) in [4.78, 5) is 0. The molecule has 0 spiro atoms. The second-order valence-corrected chi connectivity index (χ2v) is 16.0. The number of rotatable bonds is 5. The largest absolute Gasteiger partial charge is 0.494 e. The fourth-order valence-electron chi connectivity index (χ4n) is 9.25. The Balaban J connectivity index is 0.952. The van der Waals surface area contributed by atoms with Crippen LogP contribution in [0.5, 0.6) is 5.75 Å². The van der Waals surface area contributed by atoms with Gasteiger partial charge in [-0.3, -0.25) is 0 Å². The molecule has 0 atom stereocenters. The molecule has 8 aromatic carbocycles. The van der Waals surface area contributed by atoms with Crippen LogP contribution in [0, 0.1) is 0 Å². The Kier molecular flexibility index (Phi) is 6.92. The smallest absolute Gasteiger partial charge is 0.119 e. The lowest BCUT2D eigenvalue weighted by molar-refractivity contribution is 0.341. The average Bonchev–Trinajstić information content (AvgIpc) is 3.56. The molecule has 0 aromatic heterocycles.